The topological polar surface area (TPSA) is 96.4 Å². The molecule has 0 aromatic heterocycles. The summed E-state index contributed by atoms with van der Waals surface area (Å²) in [5, 5.41) is 9.42. The van der Waals surface area contributed by atoms with E-state index in [2.05, 4.69) is 36.0 Å². The van der Waals surface area contributed by atoms with Crippen LogP contribution in [0.5, 0.6) is 0 Å². The smallest absolute Gasteiger partial charge is 0.312 e. The van der Waals surface area contributed by atoms with Gasteiger partial charge in [0.25, 0.3) is 0 Å². The van der Waals surface area contributed by atoms with Gasteiger partial charge in [0.05, 0.1) is 24.5 Å². The number of hydrogen-bond acceptors (Lipinski definition) is 6. The minimum absolute atomic E-state index is 0.105. The molecule has 184 valence electrons. The number of unbranched alkanes of at least 4 members (excludes halogenated alkanes) is 1. The van der Waals surface area contributed by atoms with Gasteiger partial charge in [-0.05, 0) is 25.7 Å². The number of esters is 1. The van der Waals surface area contributed by atoms with E-state index in [1.165, 1.54) is 4.90 Å². The predicted octanol–water partition coefficient (Wildman–Crippen LogP) is 2.05. The van der Waals surface area contributed by atoms with Crippen LogP contribution in [0.1, 0.15) is 39.0 Å². The quantitative estimate of drug-likeness (QED) is 0.171. The average Bonchev–Trinajstić information content (AvgIpc) is 3.38. The van der Waals surface area contributed by atoms with E-state index >= 15 is 0 Å². The summed E-state index contributed by atoms with van der Waals surface area (Å²) in [6.45, 7) is 10.7. The number of likely N-dealkylation sites (tertiary alicyclic amines) is 1. The number of rotatable bonds is 13. The lowest BCUT2D eigenvalue weighted by atomic mass is 9.70. The molecule has 9 heteroatoms. The van der Waals surface area contributed by atoms with Gasteiger partial charge < -0.3 is 24.4 Å². The first kappa shape index (κ1) is 25.9. The van der Waals surface area contributed by atoms with Crippen molar-refractivity contribution in [3.8, 4) is 0 Å². The Bertz CT molecular complexity index is 776. The second kappa shape index (κ2) is 11.1. The van der Waals surface area contributed by atoms with Crippen LogP contribution in [0.4, 0.5) is 0 Å². The van der Waals surface area contributed by atoms with Gasteiger partial charge in [0.1, 0.15) is 11.6 Å². The highest BCUT2D eigenvalue weighted by atomic mass is 79.9. The molecule has 3 heterocycles. The molecule has 1 N–H and O–H groups in total. The molecule has 3 aliphatic rings. The Hall–Kier alpha value is -1.71. The molecule has 0 saturated carbocycles. The van der Waals surface area contributed by atoms with E-state index < -0.39 is 35.6 Å². The van der Waals surface area contributed by atoms with Crippen LogP contribution in [0.2, 0.25) is 0 Å². The molecule has 0 radical (unpaired) electrons. The van der Waals surface area contributed by atoms with E-state index in [4.69, 9.17) is 9.47 Å². The summed E-state index contributed by atoms with van der Waals surface area (Å²) < 4.78 is 11.9. The molecule has 1 spiro atoms. The lowest BCUT2D eigenvalue weighted by Crippen LogP contribution is -2.57. The van der Waals surface area contributed by atoms with Crippen LogP contribution in [0, 0.1) is 11.8 Å². The van der Waals surface area contributed by atoms with E-state index in [1.54, 1.807) is 17.1 Å². The summed E-state index contributed by atoms with van der Waals surface area (Å²) in [7, 11) is 0. The molecular weight excluding hydrogens is 492 g/mol. The van der Waals surface area contributed by atoms with E-state index in [9.17, 15) is 19.5 Å². The van der Waals surface area contributed by atoms with Gasteiger partial charge in [-0.3, -0.25) is 14.4 Å². The van der Waals surface area contributed by atoms with Crippen molar-refractivity contribution in [3.63, 3.8) is 0 Å². The lowest BCUT2D eigenvalue weighted by molar-refractivity contribution is -0.155. The first-order valence-electron chi connectivity index (χ1n) is 11.8. The Morgan fingerprint density at radius 3 is 2.76 bits per heavy atom. The maximum absolute atomic E-state index is 13.9. The first-order valence-corrected chi connectivity index (χ1v) is 12.7. The average molecular weight is 527 g/mol. The van der Waals surface area contributed by atoms with Crippen molar-refractivity contribution in [3.05, 3.63) is 25.3 Å². The molecule has 0 aromatic carbocycles. The van der Waals surface area contributed by atoms with Gasteiger partial charge in [-0.1, -0.05) is 41.4 Å². The number of hydrogen-bond donors (Lipinski definition) is 1. The van der Waals surface area contributed by atoms with Crippen LogP contribution >= 0.6 is 15.9 Å². The third-order valence-electron chi connectivity index (χ3n) is 6.86. The zero-order chi connectivity index (χ0) is 24.2. The van der Waals surface area contributed by atoms with E-state index in [0.717, 1.165) is 12.8 Å². The molecule has 6 atom stereocenters. The Balaban J connectivity index is 1.97. The van der Waals surface area contributed by atoms with Crippen molar-refractivity contribution in [2.75, 3.05) is 32.8 Å². The number of ether oxygens (including phenoxy) is 2. The monoisotopic (exact) mass is 526 g/mol. The molecule has 2 bridgehead atoms. The SMILES string of the molecule is C=CCCOC(=O)[C@H]1[C@H]2C(=O)N(CCCO)C(C(=O)N(CC=C)CCCC)C23CC(Br)[C@@H]1O3. The molecule has 3 fully saturated rings. The van der Waals surface area contributed by atoms with Gasteiger partial charge in [-0.2, -0.15) is 0 Å². The number of amides is 2. The van der Waals surface area contributed by atoms with Crippen molar-refractivity contribution in [2.24, 2.45) is 11.8 Å². The number of aliphatic hydroxyl groups is 1. The fourth-order valence-corrected chi connectivity index (χ4v) is 6.41. The molecule has 0 aromatic rings. The normalized spacial score (nSPS) is 32.0. The Morgan fingerprint density at radius 1 is 1.36 bits per heavy atom. The summed E-state index contributed by atoms with van der Waals surface area (Å²) in [4.78, 5) is 43.7. The summed E-state index contributed by atoms with van der Waals surface area (Å²) in [6.07, 6.45) is 5.87. The van der Waals surface area contributed by atoms with Gasteiger partial charge in [-0.25, -0.2) is 0 Å². The second-order valence-corrected chi connectivity index (χ2v) is 10.1. The van der Waals surface area contributed by atoms with Crippen LogP contribution in [-0.2, 0) is 23.9 Å². The van der Waals surface area contributed by atoms with E-state index in [0.29, 0.717) is 32.4 Å². The first-order chi connectivity index (χ1) is 15.9. The van der Waals surface area contributed by atoms with Crippen molar-refractivity contribution >= 4 is 33.7 Å². The number of nitrogens with zero attached hydrogens (tertiary/aromatic N) is 2. The molecular formula is C24H35BrN2O6. The number of fused-ring (bicyclic) bond motifs is 1. The van der Waals surface area contributed by atoms with Gasteiger partial charge in [0.15, 0.2) is 0 Å². The zero-order valence-corrected chi connectivity index (χ0v) is 20.9. The van der Waals surface area contributed by atoms with Gasteiger partial charge in [-0.15, -0.1) is 13.2 Å². The Kier molecular flexibility index (Phi) is 8.75. The standard InChI is InChI=1S/C24H35BrN2O6/c1-4-7-11-26(10-6-3)22(30)20-24-15-16(25)19(33-24)17(23(31)32-14-8-5-2)18(24)21(29)27(20)12-9-13-28/h5-6,16-20,28H,2-4,7-15H2,1H3/t16?,17-,18-,19-,20?,24?/m0/s1. The fourth-order valence-electron chi connectivity index (χ4n) is 5.47. The number of aliphatic hydroxyl groups excluding tert-OH is 1. The van der Waals surface area contributed by atoms with Crippen LogP contribution in [0.15, 0.2) is 25.3 Å². The minimum atomic E-state index is -1.10. The molecule has 3 unspecified atom stereocenters. The van der Waals surface area contributed by atoms with Crippen molar-refractivity contribution in [1.29, 1.82) is 0 Å². The summed E-state index contributed by atoms with van der Waals surface area (Å²) in [5.41, 5.74) is -1.10. The summed E-state index contributed by atoms with van der Waals surface area (Å²) >= 11 is 3.64. The Labute approximate surface area is 204 Å². The largest absolute Gasteiger partial charge is 0.465 e. The molecule has 0 aliphatic carbocycles. The molecule has 3 rings (SSSR count). The fraction of sp³-hybridized carbons (Fsp3) is 0.708. The lowest BCUT2D eigenvalue weighted by Gasteiger charge is -2.37. The summed E-state index contributed by atoms with van der Waals surface area (Å²) in [6, 6.07) is -0.852. The minimum Gasteiger partial charge on any atom is -0.465 e. The van der Waals surface area contributed by atoms with Crippen molar-refractivity contribution in [2.45, 2.75) is 61.6 Å². The maximum atomic E-state index is 13.9. The highest BCUT2D eigenvalue weighted by Gasteiger charge is 2.77. The van der Waals surface area contributed by atoms with E-state index in [1.807, 2.05) is 0 Å². The second-order valence-electron chi connectivity index (χ2n) is 8.94. The highest BCUT2D eigenvalue weighted by Crippen LogP contribution is 2.60. The highest BCUT2D eigenvalue weighted by molar-refractivity contribution is 9.09. The third kappa shape index (κ3) is 4.64. The number of halogens is 1. The van der Waals surface area contributed by atoms with Crippen molar-refractivity contribution < 1.29 is 29.0 Å². The zero-order valence-electron chi connectivity index (χ0n) is 19.3. The van der Waals surface area contributed by atoms with Gasteiger partial charge in [0, 0.05) is 31.1 Å². The van der Waals surface area contributed by atoms with Crippen LogP contribution in [0.25, 0.3) is 0 Å². The van der Waals surface area contributed by atoms with E-state index in [-0.39, 0.29) is 36.4 Å². The van der Waals surface area contributed by atoms with Gasteiger partial charge in [0.2, 0.25) is 11.8 Å². The van der Waals surface area contributed by atoms with Crippen LogP contribution < -0.4 is 0 Å². The third-order valence-corrected chi connectivity index (χ3v) is 7.71. The number of alkyl halides is 1. The van der Waals surface area contributed by atoms with Crippen molar-refractivity contribution in [1.82, 2.24) is 9.80 Å². The van der Waals surface area contributed by atoms with Gasteiger partial charge >= 0.3 is 5.97 Å². The van der Waals surface area contributed by atoms with Crippen LogP contribution in [0.3, 0.4) is 0 Å². The maximum Gasteiger partial charge on any atom is 0.312 e. The van der Waals surface area contributed by atoms with Crippen LogP contribution in [-0.4, -0.2) is 88.1 Å². The predicted molar refractivity (Wildman–Crippen MR) is 127 cm³/mol. The molecule has 8 nitrogen and oxygen atoms in total. The number of carbonyl (C=O) groups is 3. The molecule has 3 saturated heterocycles. The molecule has 3 aliphatic heterocycles. The molecule has 2 amide bonds. The number of carbonyl (C=O) groups excluding carboxylic acids is 3. The molecule has 33 heavy (non-hydrogen) atoms. The Morgan fingerprint density at radius 2 is 2.12 bits per heavy atom. The summed E-state index contributed by atoms with van der Waals surface area (Å²) in [5.74, 6) is -2.51.